The lowest BCUT2D eigenvalue weighted by Gasteiger charge is -2.47. The van der Waals surface area contributed by atoms with Crippen LogP contribution in [0.4, 0.5) is 0 Å². The number of piperazine rings is 1. The van der Waals surface area contributed by atoms with Crippen molar-refractivity contribution in [3.05, 3.63) is 0 Å². The molecule has 0 aliphatic carbocycles. The van der Waals surface area contributed by atoms with Gasteiger partial charge in [0.2, 0.25) is 0 Å². The first-order chi connectivity index (χ1) is 8.75. The van der Waals surface area contributed by atoms with Gasteiger partial charge in [0.05, 0.1) is 0 Å². The normalized spacial score (nSPS) is 29.2. The molecule has 0 radical (unpaired) electrons. The van der Waals surface area contributed by atoms with E-state index in [9.17, 15) is 4.21 Å². The van der Waals surface area contributed by atoms with Crippen molar-refractivity contribution >= 4 is 10.8 Å². The van der Waals surface area contributed by atoms with E-state index in [2.05, 4.69) is 44.8 Å². The van der Waals surface area contributed by atoms with E-state index < -0.39 is 10.8 Å². The van der Waals surface area contributed by atoms with Crippen LogP contribution >= 0.6 is 0 Å². The molecule has 3 nitrogen and oxygen atoms in total. The molecule has 1 saturated heterocycles. The Balaban J connectivity index is 2.66. The van der Waals surface area contributed by atoms with Gasteiger partial charge in [-0.3, -0.25) is 9.11 Å². The Morgan fingerprint density at radius 2 is 2.05 bits per heavy atom. The van der Waals surface area contributed by atoms with E-state index in [1.807, 2.05) is 0 Å². The first-order valence-corrected chi connectivity index (χ1v) is 9.27. The van der Waals surface area contributed by atoms with Crippen LogP contribution < -0.4 is 5.32 Å². The molecule has 0 saturated carbocycles. The summed E-state index contributed by atoms with van der Waals surface area (Å²) in [5.74, 6) is 0.821. The minimum atomic E-state index is -0.672. The molecule has 4 atom stereocenters. The van der Waals surface area contributed by atoms with Gasteiger partial charge in [-0.1, -0.05) is 27.7 Å². The zero-order valence-corrected chi connectivity index (χ0v) is 14.3. The monoisotopic (exact) mass is 288 g/mol. The molecule has 1 aliphatic rings. The van der Waals surface area contributed by atoms with Gasteiger partial charge in [-0.2, -0.15) is 0 Å². The van der Waals surface area contributed by atoms with Crippen LogP contribution in [0.25, 0.3) is 0 Å². The maximum atomic E-state index is 11.3. The lowest BCUT2D eigenvalue weighted by atomic mass is 9.84. The third-order valence-electron chi connectivity index (χ3n) is 4.37. The predicted octanol–water partition coefficient (Wildman–Crippen LogP) is 2.24. The number of hydrogen-bond acceptors (Lipinski definition) is 3. The van der Waals surface area contributed by atoms with E-state index in [0.29, 0.717) is 23.5 Å². The van der Waals surface area contributed by atoms with Crippen molar-refractivity contribution in [1.29, 1.82) is 0 Å². The largest absolute Gasteiger partial charge is 0.311 e. The highest BCUT2D eigenvalue weighted by Gasteiger charge is 2.35. The molecule has 0 amide bonds. The summed E-state index contributed by atoms with van der Waals surface area (Å²) in [6, 6.07) is 1.70. The van der Waals surface area contributed by atoms with Gasteiger partial charge >= 0.3 is 0 Å². The molecule has 0 aromatic heterocycles. The molecule has 114 valence electrons. The summed E-state index contributed by atoms with van der Waals surface area (Å²) in [5.41, 5.74) is 0.296. The zero-order chi connectivity index (χ0) is 14.6. The molecule has 0 aromatic carbocycles. The van der Waals surface area contributed by atoms with Crippen molar-refractivity contribution in [2.75, 3.05) is 25.1 Å². The van der Waals surface area contributed by atoms with Crippen molar-refractivity contribution in [3.8, 4) is 0 Å². The summed E-state index contributed by atoms with van der Waals surface area (Å²) in [4.78, 5) is 2.64. The Hall–Kier alpha value is 0.0700. The third kappa shape index (κ3) is 5.16. The Kier molecular flexibility index (Phi) is 6.48. The van der Waals surface area contributed by atoms with Gasteiger partial charge in [0, 0.05) is 54.0 Å². The second-order valence-corrected chi connectivity index (χ2v) is 8.56. The summed E-state index contributed by atoms with van der Waals surface area (Å²) in [6.45, 7) is 13.7. The van der Waals surface area contributed by atoms with Gasteiger partial charge in [-0.25, -0.2) is 0 Å². The summed E-state index contributed by atoms with van der Waals surface area (Å²) in [6.07, 6.45) is 4.03. The summed E-state index contributed by atoms with van der Waals surface area (Å²) in [5, 5.41) is 3.71. The van der Waals surface area contributed by atoms with Gasteiger partial charge in [-0.05, 0) is 25.2 Å². The Morgan fingerprint density at radius 1 is 1.42 bits per heavy atom. The molecule has 0 aromatic rings. The second-order valence-electron chi connectivity index (χ2n) is 7.00. The van der Waals surface area contributed by atoms with Gasteiger partial charge in [0.15, 0.2) is 0 Å². The third-order valence-corrected chi connectivity index (χ3v) is 5.18. The van der Waals surface area contributed by atoms with Crippen molar-refractivity contribution < 1.29 is 4.21 Å². The van der Waals surface area contributed by atoms with Crippen LogP contribution in [0.2, 0.25) is 0 Å². The fraction of sp³-hybridized carbons (Fsp3) is 1.00. The van der Waals surface area contributed by atoms with Crippen LogP contribution in [0.1, 0.15) is 47.5 Å². The molecular formula is C15H32N2OS. The number of nitrogens with zero attached hydrogens (tertiary/aromatic N) is 1. The highest BCUT2D eigenvalue weighted by atomic mass is 32.2. The van der Waals surface area contributed by atoms with Crippen LogP contribution in [-0.4, -0.2) is 52.3 Å². The van der Waals surface area contributed by atoms with E-state index >= 15 is 0 Å². The number of rotatable bonds is 5. The van der Waals surface area contributed by atoms with Crippen LogP contribution in [0.3, 0.4) is 0 Å². The van der Waals surface area contributed by atoms with Crippen molar-refractivity contribution in [2.24, 2.45) is 5.41 Å². The van der Waals surface area contributed by atoms with Gasteiger partial charge in [0.1, 0.15) is 0 Å². The second kappa shape index (κ2) is 7.19. The molecule has 4 heteroatoms. The van der Waals surface area contributed by atoms with Crippen molar-refractivity contribution in [2.45, 2.75) is 65.6 Å². The predicted molar refractivity (Wildman–Crippen MR) is 85.0 cm³/mol. The first kappa shape index (κ1) is 17.1. The minimum absolute atomic E-state index is 0.296. The molecule has 1 fully saturated rings. The fourth-order valence-electron chi connectivity index (χ4n) is 2.82. The van der Waals surface area contributed by atoms with Crippen molar-refractivity contribution in [1.82, 2.24) is 10.2 Å². The highest BCUT2D eigenvalue weighted by molar-refractivity contribution is 7.84. The van der Waals surface area contributed by atoms with Gasteiger partial charge < -0.3 is 5.32 Å². The molecule has 1 rings (SSSR count). The first-order valence-electron chi connectivity index (χ1n) is 7.54. The molecule has 1 aliphatic heterocycles. The standard InChI is InChI=1S/C15H32N2OS/c1-7-13-10-16-14(15(3,4)5)11-17(13)12(2)8-9-19(6)18/h12-14,16H,7-11H2,1-6H3. The van der Waals surface area contributed by atoms with E-state index in [0.717, 1.165) is 25.3 Å². The van der Waals surface area contributed by atoms with Gasteiger partial charge in [0.25, 0.3) is 0 Å². The van der Waals surface area contributed by atoms with E-state index in [1.54, 1.807) is 6.26 Å². The Labute approximate surface area is 122 Å². The summed E-state index contributed by atoms with van der Waals surface area (Å²) in [7, 11) is -0.672. The maximum absolute atomic E-state index is 11.3. The lowest BCUT2D eigenvalue weighted by molar-refractivity contribution is 0.0525. The molecule has 1 heterocycles. The SMILES string of the molecule is CCC1CNC(C(C)(C)C)CN1C(C)CCS(C)=O. The number of hydrogen-bond donors (Lipinski definition) is 1. The Bertz CT molecular complexity index is 301. The highest BCUT2D eigenvalue weighted by Crippen LogP contribution is 2.26. The van der Waals surface area contributed by atoms with Crippen LogP contribution in [0.5, 0.6) is 0 Å². The summed E-state index contributed by atoms with van der Waals surface area (Å²) < 4.78 is 11.3. The lowest BCUT2D eigenvalue weighted by Crippen LogP contribution is -2.62. The smallest absolute Gasteiger partial charge is 0.0246 e. The number of nitrogens with one attached hydrogen (secondary N) is 1. The zero-order valence-electron chi connectivity index (χ0n) is 13.5. The Morgan fingerprint density at radius 3 is 2.53 bits per heavy atom. The van der Waals surface area contributed by atoms with Gasteiger partial charge in [-0.15, -0.1) is 0 Å². The fourth-order valence-corrected chi connectivity index (χ4v) is 3.49. The molecule has 4 unspecified atom stereocenters. The topological polar surface area (TPSA) is 32.3 Å². The molecule has 0 bridgehead atoms. The van der Waals surface area contributed by atoms with E-state index in [-0.39, 0.29) is 0 Å². The van der Waals surface area contributed by atoms with Crippen LogP contribution in [0, 0.1) is 5.41 Å². The van der Waals surface area contributed by atoms with E-state index in [1.165, 1.54) is 6.42 Å². The molecule has 0 spiro atoms. The molecule has 19 heavy (non-hydrogen) atoms. The van der Waals surface area contributed by atoms with Crippen LogP contribution in [-0.2, 0) is 10.8 Å². The van der Waals surface area contributed by atoms with Crippen molar-refractivity contribution in [3.63, 3.8) is 0 Å². The molecule has 1 N–H and O–H groups in total. The quantitative estimate of drug-likeness (QED) is 0.842. The molecular weight excluding hydrogens is 256 g/mol. The average molecular weight is 289 g/mol. The average Bonchev–Trinajstić information content (AvgIpc) is 2.33. The minimum Gasteiger partial charge on any atom is -0.311 e. The maximum Gasteiger partial charge on any atom is 0.0246 e. The van der Waals surface area contributed by atoms with E-state index in [4.69, 9.17) is 0 Å². The van der Waals surface area contributed by atoms with Crippen LogP contribution in [0.15, 0.2) is 0 Å². The summed E-state index contributed by atoms with van der Waals surface area (Å²) >= 11 is 0.